The van der Waals surface area contributed by atoms with Crippen LogP contribution in [0.2, 0.25) is 0 Å². The molecule has 0 aliphatic carbocycles. The molecule has 0 bridgehead atoms. The molecule has 1 unspecified atom stereocenters. The average Bonchev–Trinajstić information content (AvgIpc) is 2.68. The van der Waals surface area contributed by atoms with Crippen LogP contribution in [-0.2, 0) is 16.0 Å². The Balaban J connectivity index is 1.64. The van der Waals surface area contributed by atoms with Crippen molar-refractivity contribution < 1.29 is 9.59 Å². The summed E-state index contributed by atoms with van der Waals surface area (Å²) in [6.07, 6.45) is 5.77. The van der Waals surface area contributed by atoms with E-state index in [4.69, 9.17) is 0 Å². The molecule has 1 aromatic carbocycles. The van der Waals surface area contributed by atoms with Crippen molar-refractivity contribution in [3.05, 3.63) is 59.4 Å². The first kappa shape index (κ1) is 16.4. The summed E-state index contributed by atoms with van der Waals surface area (Å²) in [6, 6.07) is 9.65. The zero-order valence-corrected chi connectivity index (χ0v) is 14.6. The Labute approximate surface area is 151 Å². The normalized spacial score (nSPS) is 18.0. The topological polar surface area (TPSA) is 74.7 Å². The number of aromatic nitrogens is 1. The molecule has 1 atom stereocenters. The monoisotopic (exact) mass is 348 g/mol. The molecule has 0 fully saturated rings. The highest BCUT2D eigenvalue weighted by Gasteiger charge is 2.27. The van der Waals surface area contributed by atoms with Gasteiger partial charge in [-0.25, -0.2) is 5.01 Å². The van der Waals surface area contributed by atoms with Gasteiger partial charge >= 0.3 is 0 Å². The van der Waals surface area contributed by atoms with E-state index in [1.54, 1.807) is 17.4 Å². The summed E-state index contributed by atoms with van der Waals surface area (Å²) in [5, 5.41) is 9.14. The maximum absolute atomic E-state index is 12.4. The molecule has 132 valence electrons. The van der Waals surface area contributed by atoms with Gasteiger partial charge < -0.3 is 5.32 Å². The van der Waals surface area contributed by atoms with E-state index in [1.165, 1.54) is 0 Å². The van der Waals surface area contributed by atoms with Crippen LogP contribution in [0.4, 0.5) is 5.69 Å². The number of carbonyl (C=O) groups excluding carboxylic acids is 2. The minimum atomic E-state index is -0.141. The van der Waals surface area contributed by atoms with Crippen molar-refractivity contribution in [3.8, 4) is 0 Å². The first-order chi connectivity index (χ1) is 12.6. The lowest BCUT2D eigenvalue weighted by Gasteiger charge is -2.29. The van der Waals surface area contributed by atoms with Crippen molar-refractivity contribution in [1.82, 2.24) is 9.99 Å². The molecule has 1 aromatic heterocycles. The van der Waals surface area contributed by atoms with Crippen LogP contribution < -0.4 is 5.32 Å². The van der Waals surface area contributed by atoms with E-state index < -0.39 is 0 Å². The first-order valence-electron chi connectivity index (χ1n) is 8.84. The fraction of sp³-hybridized carbons (Fsp3) is 0.300. The van der Waals surface area contributed by atoms with Gasteiger partial charge in [0.2, 0.25) is 11.8 Å². The van der Waals surface area contributed by atoms with Gasteiger partial charge in [0.25, 0.3) is 0 Å². The molecule has 3 heterocycles. The minimum Gasteiger partial charge on any atom is -0.326 e. The van der Waals surface area contributed by atoms with Crippen LogP contribution in [0.3, 0.4) is 0 Å². The minimum absolute atomic E-state index is 0.0308. The van der Waals surface area contributed by atoms with E-state index in [9.17, 15) is 9.59 Å². The van der Waals surface area contributed by atoms with E-state index in [0.717, 1.165) is 34.5 Å². The molecule has 2 aromatic rings. The summed E-state index contributed by atoms with van der Waals surface area (Å²) in [6.45, 7) is 1.97. The van der Waals surface area contributed by atoms with Crippen LogP contribution in [0, 0.1) is 0 Å². The molecule has 2 amide bonds. The van der Waals surface area contributed by atoms with E-state index >= 15 is 0 Å². The number of amides is 2. The third kappa shape index (κ3) is 3.10. The van der Waals surface area contributed by atoms with Gasteiger partial charge in [-0.05, 0) is 54.3 Å². The Morgan fingerprint density at radius 2 is 1.85 bits per heavy atom. The summed E-state index contributed by atoms with van der Waals surface area (Å²) in [5.41, 5.74) is 4.92. The molecule has 0 radical (unpaired) electrons. The number of nitrogens with zero attached hydrogens (tertiary/aromatic N) is 3. The van der Waals surface area contributed by atoms with Gasteiger partial charge in [0.15, 0.2) is 0 Å². The van der Waals surface area contributed by atoms with Gasteiger partial charge in [-0.15, -0.1) is 0 Å². The Bertz CT molecular complexity index is 892. The molecular formula is C20H20N4O2. The molecule has 0 saturated carbocycles. The smallest absolute Gasteiger partial charge is 0.243 e. The van der Waals surface area contributed by atoms with Gasteiger partial charge in [-0.1, -0.05) is 6.07 Å². The molecule has 0 saturated heterocycles. The molecular weight excluding hydrogens is 328 g/mol. The Morgan fingerprint density at radius 3 is 2.65 bits per heavy atom. The van der Waals surface area contributed by atoms with Crippen molar-refractivity contribution in [2.75, 3.05) is 5.32 Å². The molecule has 0 spiro atoms. The molecule has 2 aliphatic heterocycles. The molecule has 4 rings (SSSR count). The SMILES string of the molecule is CC(c1ccncc1)N1N=C(c2ccc3c(c2)CCC(=O)N3)CCC1=O. The van der Waals surface area contributed by atoms with Crippen molar-refractivity contribution in [2.45, 2.75) is 38.6 Å². The number of rotatable bonds is 3. The summed E-state index contributed by atoms with van der Waals surface area (Å²) >= 11 is 0. The van der Waals surface area contributed by atoms with Crippen LogP contribution in [0.15, 0.2) is 47.8 Å². The number of benzene rings is 1. The van der Waals surface area contributed by atoms with Crippen LogP contribution >= 0.6 is 0 Å². The highest BCUT2D eigenvalue weighted by Crippen LogP contribution is 2.28. The van der Waals surface area contributed by atoms with Gasteiger partial charge in [-0.3, -0.25) is 14.6 Å². The number of hydrazone groups is 1. The Hall–Kier alpha value is -3.02. The molecule has 6 heteroatoms. The van der Waals surface area contributed by atoms with Crippen molar-refractivity contribution in [1.29, 1.82) is 0 Å². The Kier molecular flexibility index (Phi) is 4.24. The highest BCUT2D eigenvalue weighted by molar-refractivity contribution is 6.05. The molecule has 6 nitrogen and oxygen atoms in total. The lowest BCUT2D eigenvalue weighted by atomic mass is 9.96. The van der Waals surface area contributed by atoms with E-state index in [-0.39, 0.29) is 17.9 Å². The summed E-state index contributed by atoms with van der Waals surface area (Å²) in [5.74, 6) is 0.0893. The third-order valence-electron chi connectivity index (χ3n) is 4.95. The second-order valence-electron chi connectivity index (χ2n) is 6.66. The summed E-state index contributed by atoms with van der Waals surface area (Å²) in [4.78, 5) is 28.0. The van der Waals surface area contributed by atoms with Crippen LogP contribution in [0.5, 0.6) is 0 Å². The fourth-order valence-corrected chi connectivity index (χ4v) is 3.43. The Morgan fingerprint density at radius 1 is 1.04 bits per heavy atom. The van der Waals surface area contributed by atoms with E-state index in [1.807, 2.05) is 31.2 Å². The fourth-order valence-electron chi connectivity index (χ4n) is 3.43. The average molecular weight is 348 g/mol. The number of fused-ring (bicyclic) bond motifs is 1. The number of hydrogen-bond donors (Lipinski definition) is 1. The van der Waals surface area contributed by atoms with Gasteiger partial charge in [0.05, 0.1) is 11.8 Å². The first-order valence-corrected chi connectivity index (χ1v) is 8.84. The number of pyridine rings is 1. The van der Waals surface area contributed by atoms with E-state index in [0.29, 0.717) is 19.3 Å². The van der Waals surface area contributed by atoms with Crippen LogP contribution in [0.1, 0.15) is 48.9 Å². The molecule has 1 N–H and O–H groups in total. The molecule has 2 aliphatic rings. The summed E-state index contributed by atoms with van der Waals surface area (Å²) < 4.78 is 0. The third-order valence-corrected chi connectivity index (χ3v) is 4.95. The number of nitrogens with one attached hydrogen (secondary N) is 1. The lowest BCUT2D eigenvalue weighted by molar-refractivity contribution is -0.134. The van der Waals surface area contributed by atoms with Crippen LogP contribution in [-0.4, -0.2) is 27.5 Å². The second kappa shape index (κ2) is 6.71. The maximum atomic E-state index is 12.4. The van der Waals surface area contributed by atoms with Crippen molar-refractivity contribution in [3.63, 3.8) is 0 Å². The number of anilines is 1. The highest BCUT2D eigenvalue weighted by atomic mass is 16.2. The quantitative estimate of drug-likeness (QED) is 0.926. The van der Waals surface area contributed by atoms with Crippen molar-refractivity contribution >= 4 is 23.2 Å². The standard InChI is InChI=1S/C20H20N4O2/c1-13(14-8-10-21-11-9-14)24-20(26)7-5-18(23-24)16-2-4-17-15(12-16)3-6-19(25)22-17/h2,4,8-13H,3,5-7H2,1H3,(H,22,25). The second-order valence-corrected chi connectivity index (χ2v) is 6.66. The predicted molar refractivity (Wildman–Crippen MR) is 98.7 cm³/mol. The lowest BCUT2D eigenvalue weighted by Crippen LogP contribution is -2.34. The number of aryl methyl sites for hydroxylation is 1. The largest absolute Gasteiger partial charge is 0.326 e. The van der Waals surface area contributed by atoms with Crippen LogP contribution in [0.25, 0.3) is 0 Å². The zero-order valence-electron chi connectivity index (χ0n) is 14.6. The number of carbonyl (C=O) groups is 2. The van der Waals surface area contributed by atoms with Crippen molar-refractivity contribution in [2.24, 2.45) is 5.10 Å². The maximum Gasteiger partial charge on any atom is 0.243 e. The summed E-state index contributed by atoms with van der Waals surface area (Å²) in [7, 11) is 0. The molecule has 26 heavy (non-hydrogen) atoms. The number of hydrogen-bond acceptors (Lipinski definition) is 4. The van der Waals surface area contributed by atoms with Gasteiger partial charge in [-0.2, -0.15) is 5.10 Å². The zero-order chi connectivity index (χ0) is 18.1. The van der Waals surface area contributed by atoms with E-state index in [2.05, 4.69) is 21.5 Å². The van der Waals surface area contributed by atoms with Gasteiger partial charge in [0, 0.05) is 37.3 Å². The predicted octanol–water partition coefficient (Wildman–Crippen LogP) is 3.05. The van der Waals surface area contributed by atoms with Gasteiger partial charge in [0.1, 0.15) is 0 Å².